The molecule has 1 aromatic rings. The van der Waals surface area contributed by atoms with E-state index in [9.17, 15) is 9.90 Å². The average Bonchev–Trinajstić information content (AvgIpc) is 2.95. The van der Waals surface area contributed by atoms with Crippen molar-refractivity contribution in [2.75, 3.05) is 25.1 Å². The zero-order valence-electron chi connectivity index (χ0n) is 13.9. The third-order valence-corrected chi connectivity index (χ3v) is 5.85. The van der Waals surface area contributed by atoms with Gasteiger partial charge in [-0.2, -0.15) is 0 Å². The third kappa shape index (κ3) is 4.87. The first kappa shape index (κ1) is 17.6. The van der Waals surface area contributed by atoms with Crippen molar-refractivity contribution in [2.45, 2.75) is 62.9 Å². The fourth-order valence-electron chi connectivity index (χ4n) is 3.34. The van der Waals surface area contributed by atoms with Crippen LogP contribution in [0.3, 0.4) is 0 Å². The molecule has 0 radical (unpaired) electrons. The number of nitrogens with one attached hydrogen (secondary N) is 2. The van der Waals surface area contributed by atoms with E-state index in [0.717, 1.165) is 69.6 Å². The molecule has 1 aromatic heterocycles. The van der Waals surface area contributed by atoms with E-state index >= 15 is 0 Å². The van der Waals surface area contributed by atoms with E-state index in [1.54, 1.807) is 0 Å². The first-order valence-electron chi connectivity index (χ1n) is 8.83. The number of hydrogen-bond donors (Lipinski definition) is 3. The molecule has 2 fully saturated rings. The van der Waals surface area contributed by atoms with Gasteiger partial charge in [0.05, 0.1) is 5.60 Å². The Kier molecular flexibility index (Phi) is 6.02. The summed E-state index contributed by atoms with van der Waals surface area (Å²) in [5, 5.41) is 25.8. The van der Waals surface area contributed by atoms with Gasteiger partial charge in [-0.3, -0.25) is 5.32 Å². The van der Waals surface area contributed by atoms with Crippen molar-refractivity contribution in [1.82, 2.24) is 15.5 Å². The van der Waals surface area contributed by atoms with Crippen LogP contribution >= 0.6 is 11.3 Å². The molecule has 0 spiro atoms. The van der Waals surface area contributed by atoms with E-state index in [2.05, 4.69) is 20.8 Å². The molecule has 2 heterocycles. The van der Waals surface area contributed by atoms with E-state index in [-0.39, 0.29) is 12.6 Å². The molecule has 2 amide bonds. The number of nitrogens with zero attached hydrogens (tertiary/aromatic N) is 2. The molecular formula is C16H26N4O3S. The molecule has 7 nitrogen and oxygen atoms in total. The van der Waals surface area contributed by atoms with E-state index in [1.807, 2.05) is 0 Å². The minimum Gasteiger partial charge on any atom is -0.388 e. The predicted octanol–water partition coefficient (Wildman–Crippen LogP) is 2.64. The van der Waals surface area contributed by atoms with Crippen molar-refractivity contribution in [1.29, 1.82) is 0 Å². The van der Waals surface area contributed by atoms with Crippen LogP contribution in [0.2, 0.25) is 0 Å². The molecule has 8 heteroatoms. The van der Waals surface area contributed by atoms with Gasteiger partial charge in [-0.15, -0.1) is 10.2 Å². The standard InChI is InChI=1S/C16H26N4O3S/c21-14(17-11-16(22)7-3-1-2-4-8-16)18-15-20-19-13(24-15)12-5-9-23-10-6-12/h12,22H,1-11H2,(H2,17,18,20,21). The first-order valence-corrected chi connectivity index (χ1v) is 9.65. The zero-order valence-corrected chi connectivity index (χ0v) is 14.7. The number of carbonyl (C=O) groups excluding carboxylic acids is 1. The Morgan fingerprint density at radius 1 is 1.21 bits per heavy atom. The number of carbonyl (C=O) groups is 1. The van der Waals surface area contributed by atoms with E-state index in [0.29, 0.717) is 11.0 Å². The molecule has 1 saturated heterocycles. The van der Waals surface area contributed by atoms with Gasteiger partial charge >= 0.3 is 6.03 Å². The highest BCUT2D eigenvalue weighted by atomic mass is 32.1. The smallest absolute Gasteiger partial charge is 0.321 e. The van der Waals surface area contributed by atoms with Gasteiger partial charge in [0.2, 0.25) is 5.13 Å². The highest BCUT2D eigenvalue weighted by Crippen LogP contribution is 2.31. The van der Waals surface area contributed by atoms with Gasteiger partial charge in [0.1, 0.15) is 5.01 Å². The van der Waals surface area contributed by atoms with Gasteiger partial charge in [0.15, 0.2) is 0 Å². The van der Waals surface area contributed by atoms with Crippen molar-refractivity contribution >= 4 is 22.5 Å². The first-order chi connectivity index (χ1) is 11.6. The van der Waals surface area contributed by atoms with Crippen LogP contribution in [-0.2, 0) is 4.74 Å². The minimum absolute atomic E-state index is 0.282. The van der Waals surface area contributed by atoms with Gasteiger partial charge in [-0.05, 0) is 25.7 Å². The lowest BCUT2D eigenvalue weighted by Gasteiger charge is -2.26. The highest BCUT2D eigenvalue weighted by molar-refractivity contribution is 7.15. The van der Waals surface area contributed by atoms with Crippen LogP contribution in [0.4, 0.5) is 9.93 Å². The Balaban J connectivity index is 1.47. The summed E-state index contributed by atoms with van der Waals surface area (Å²) in [4.78, 5) is 12.1. The molecule has 3 N–H and O–H groups in total. The number of hydrogen-bond acceptors (Lipinski definition) is 6. The summed E-state index contributed by atoms with van der Waals surface area (Å²) in [6, 6.07) is -0.331. The number of rotatable bonds is 4. The maximum absolute atomic E-state index is 12.1. The molecule has 0 aromatic carbocycles. The zero-order chi connectivity index (χ0) is 16.8. The van der Waals surface area contributed by atoms with Crippen LogP contribution in [0.25, 0.3) is 0 Å². The molecule has 1 saturated carbocycles. The molecular weight excluding hydrogens is 328 g/mol. The van der Waals surface area contributed by atoms with Crippen molar-refractivity contribution in [3.05, 3.63) is 5.01 Å². The lowest BCUT2D eigenvalue weighted by Crippen LogP contribution is -2.44. The summed E-state index contributed by atoms with van der Waals surface area (Å²) in [6.45, 7) is 1.79. The Hall–Kier alpha value is -1.25. The van der Waals surface area contributed by atoms with Gasteiger partial charge in [-0.25, -0.2) is 4.79 Å². The monoisotopic (exact) mass is 354 g/mol. The summed E-state index contributed by atoms with van der Waals surface area (Å²) in [5.74, 6) is 0.376. The topological polar surface area (TPSA) is 96.4 Å². The minimum atomic E-state index is -0.776. The van der Waals surface area contributed by atoms with Crippen LogP contribution in [0.15, 0.2) is 0 Å². The molecule has 24 heavy (non-hydrogen) atoms. The van der Waals surface area contributed by atoms with Crippen LogP contribution in [0.1, 0.15) is 62.3 Å². The number of anilines is 1. The largest absolute Gasteiger partial charge is 0.388 e. The molecule has 1 aliphatic heterocycles. The molecule has 0 unspecified atom stereocenters. The predicted molar refractivity (Wildman–Crippen MR) is 92.4 cm³/mol. The molecule has 134 valence electrons. The van der Waals surface area contributed by atoms with Crippen LogP contribution in [0, 0.1) is 0 Å². The fraction of sp³-hybridized carbons (Fsp3) is 0.812. The Labute approximate surface area is 146 Å². The van der Waals surface area contributed by atoms with Crippen LogP contribution in [0.5, 0.6) is 0 Å². The lowest BCUT2D eigenvalue weighted by atomic mass is 9.95. The molecule has 1 aliphatic carbocycles. The van der Waals surface area contributed by atoms with Gasteiger partial charge in [0, 0.05) is 25.7 Å². The van der Waals surface area contributed by atoms with Crippen LogP contribution < -0.4 is 10.6 Å². The molecule has 0 atom stereocenters. The summed E-state index contributed by atoms with van der Waals surface area (Å²) in [5.41, 5.74) is -0.776. The second-order valence-electron chi connectivity index (χ2n) is 6.78. The Morgan fingerprint density at radius 2 is 1.92 bits per heavy atom. The van der Waals surface area contributed by atoms with Gasteiger partial charge < -0.3 is 15.2 Å². The van der Waals surface area contributed by atoms with Gasteiger partial charge in [0.25, 0.3) is 0 Å². The second kappa shape index (κ2) is 8.22. The van der Waals surface area contributed by atoms with Crippen molar-refractivity contribution in [3.8, 4) is 0 Å². The number of amides is 2. The summed E-state index contributed by atoms with van der Waals surface area (Å²) in [6.07, 6.45) is 7.76. The molecule has 3 rings (SSSR count). The van der Waals surface area contributed by atoms with Crippen LogP contribution in [-0.4, -0.2) is 46.7 Å². The number of aliphatic hydroxyl groups is 1. The van der Waals surface area contributed by atoms with Crippen molar-refractivity contribution < 1.29 is 14.6 Å². The van der Waals surface area contributed by atoms with Crippen molar-refractivity contribution in [2.24, 2.45) is 0 Å². The quantitative estimate of drug-likeness (QED) is 0.722. The number of aromatic nitrogens is 2. The Bertz CT molecular complexity index is 537. The maximum atomic E-state index is 12.1. The summed E-state index contributed by atoms with van der Waals surface area (Å²) < 4.78 is 5.35. The Morgan fingerprint density at radius 3 is 2.62 bits per heavy atom. The highest BCUT2D eigenvalue weighted by Gasteiger charge is 2.28. The van der Waals surface area contributed by atoms with E-state index < -0.39 is 5.60 Å². The van der Waals surface area contributed by atoms with E-state index in [1.165, 1.54) is 11.3 Å². The average molecular weight is 354 g/mol. The van der Waals surface area contributed by atoms with Gasteiger partial charge in [-0.1, -0.05) is 37.0 Å². The third-order valence-electron chi connectivity index (χ3n) is 4.84. The molecule has 2 aliphatic rings. The second-order valence-corrected chi connectivity index (χ2v) is 7.79. The summed E-state index contributed by atoms with van der Waals surface area (Å²) in [7, 11) is 0. The maximum Gasteiger partial charge on any atom is 0.321 e. The van der Waals surface area contributed by atoms with Crippen molar-refractivity contribution in [3.63, 3.8) is 0 Å². The number of urea groups is 1. The van der Waals surface area contributed by atoms with E-state index in [4.69, 9.17) is 4.74 Å². The SMILES string of the molecule is O=C(NCC1(O)CCCCCC1)Nc1nnc(C2CCOCC2)s1. The fourth-order valence-corrected chi connectivity index (χ4v) is 4.25. The molecule has 0 bridgehead atoms. The number of ether oxygens (including phenoxy) is 1. The lowest BCUT2D eigenvalue weighted by molar-refractivity contribution is 0.0281. The summed E-state index contributed by atoms with van der Waals surface area (Å²) >= 11 is 1.42. The normalized spacial score (nSPS) is 21.9.